The summed E-state index contributed by atoms with van der Waals surface area (Å²) in [5.74, 6) is -0.979. The van der Waals surface area contributed by atoms with Gasteiger partial charge in [0.2, 0.25) is 26.0 Å². The molecule has 2 fully saturated rings. The molecule has 41 heavy (non-hydrogen) atoms. The van der Waals surface area contributed by atoms with Crippen LogP contribution in [0.4, 0.5) is 0 Å². The van der Waals surface area contributed by atoms with Crippen molar-refractivity contribution in [2.24, 2.45) is 11.7 Å². The first-order chi connectivity index (χ1) is 18.9. The van der Waals surface area contributed by atoms with Crippen LogP contribution in [0.2, 0.25) is 0 Å². The molecule has 0 aliphatic carbocycles. The van der Waals surface area contributed by atoms with E-state index in [4.69, 9.17) is 5.73 Å². The minimum atomic E-state index is -3.94. The van der Waals surface area contributed by atoms with E-state index in [2.05, 4.69) is 20.8 Å². The van der Waals surface area contributed by atoms with Gasteiger partial charge in [0.15, 0.2) is 0 Å². The highest BCUT2D eigenvalue weighted by Gasteiger charge is 2.46. The third kappa shape index (κ3) is 6.54. The number of carbonyl (C=O) groups is 1. The first-order valence-corrected chi connectivity index (χ1v) is 17.0. The third-order valence-corrected chi connectivity index (χ3v) is 12.3. The normalized spacial score (nSPS) is 23.5. The van der Waals surface area contributed by atoms with Gasteiger partial charge in [0.1, 0.15) is 6.04 Å². The number of aliphatic hydroxyl groups excluding tert-OH is 1. The quantitative estimate of drug-likeness (QED) is 0.473. The van der Waals surface area contributed by atoms with Gasteiger partial charge >= 0.3 is 0 Å². The van der Waals surface area contributed by atoms with Crippen LogP contribution in [-0.2, 0) is 35.7 Å². The fraction of sp³-hybridized carbons (Fsp3) is 0.567. The summed E-state index contributed by atoms with van der Waals surface area (Å²) in [6.45, 7) is 10.8. The zero-order valence-corrected chi connectivity index (χ0v) is 26.2. The highest BCUT2D eigenvalue weighted by Crippen LogP contribution is 2.40. The first kappa shape index (κ1) is 31.6. The minimum absolute atomic E-state index is 0.0892. The summed E-state index contributed by atoms with van der Waals surface area (Å²) in [6.07, 6.45) is 1.52. The second-order valence-electron chi connectivity index (χ2n) is 13.1. The van der Waals surface area contributed by atoms with Crippen LogP contribution in [0.1, 0.15) is 71.4 Å². The number of primary amides is 1. The van der Waals surface area contributed by atoms with Crippen LogP contribution in [0.5, 0.6) is 0 Å². The predicted molar refractivity (Wildman–Crippen MR) is 158 cm³/mol. The van der Waals surface area contributed by atoms with Crippen molar-refractivity contribution in [3.05, 3.63) is 59.7 Å². The van der Waals surface area contributed by atoms with E-state index in [-0.39, 0.29) is 34.2 Å². The lowest BCUT2D eigenvalue weighted by molar-refractivity contribution is -0.122. The molecule has 2 aromatic rings. The number of carbonyl (C=O) groups excluding carboxylic acids is 1. The molecule has 3 atom stereocenters. The zero-order chi connectivity index (χ0) is 30.4. The molecule has 0 bridgehead atoms. The van der Waals surface area contributed by atoms with Gasteiger partial charge < -0.3 is 10.8 Å². The lowest BCUT2D eigenvalue weighted by atomic mass is 9.75. The van der Waals surface area contributed by atoms with Gasteiger partial charge in [0.25, 0.3) is 0 Å². The smallest absolute Gasteiger partial charge is 0.243 e. The Kier molecular flexibility index (Phi) is 8.80. The molecule has 0 aromatic heterocycles. The largest absolute Gasteiger partial charge is 0.392 e. The van der Waals surface area contributed by atoms with Gasteiger partial charge in [0, 0.05) is 19.6 Å². The van der Waals surface area contributed by atoms with Gasteiger partial charge in [-0.3, -0.25) is 4.79 Å². The van der Waals surface area contributed by atoms with Crippen molar-refractivity contribution in [1.29, 1.82) is 0 Å². The molecule has 2 aromatic carbocycles. The Morgan fingerprint density at radius 1 is 0.854 bits per heavy atom. The molecule has 226 valence electrons. The third-order valence-electron chi connectivity index (χ3n) is 8.50. The van der Waals surface area contributed by atoms with Gasteiger partial charge in [-0.2, -0.15) is 8.61 Å². The van der Waals surface area contributed by atoms with E-state index >= 15 is 0 Å². The molecular weight excluding hydrogens is 562 g/mol. The molecule has 2 aliphatic heterocycles. The van der Waals surface area contributed by atoms with E-state index in [0.29, 0.717) is 32.2 Å². The summed E-state index contributed by atoms with van der Waals surface area (Å²) in [5, 5.41) is 9.93. The minimum Gasteiger partial charge on any atom is -0.392 e. The number of nitrogens with zero attached hydrogens (tertiary/aromatic N) is 2. The molecule has 11 heteroatoms. The number of benzene rings is 2. The van der Waals surface area contributed by atoms with Crippen molar-refractivity contribution in [2.45, 2.75) is 93.1 Å². The van der Waals surface area contributed by atoms with Crippen molar-refractivity contribution in [3.8, 4) is 0 Å². The van der Waals surface area contributed by atoms with Crippen molar-refractivity contribution in [2.75, 3.05) is 19.6 Å². The Morgan fingerprint density at radius 3 is 1.90 bits per heavy atom. The van der Waals surface area contributed by atoms with Crippen LogP contribution >= 0.6 is 0 Å². The summed E-state index contributed by atoms with van der Waals surface area (Å²) < 4.78 is 56.0. The second kappa shape index (κ2) is 11.4. The fourth-order valence-corrected chi connectivity index (χ4v) is 9.27. The van der Waals surface area contributed by atoms with E-state index in [0.717, 1.165) is 11.1 Å². The number of β-amino-alcohol motifs (C(OH)–C–C–N with tert-alkyl or cyclic N) is 1. The molecule has 1 amide bonds. The molecule has 0 spiro atoms. The molecule has 2 saturated heterocycles. The van der Waals surface area contributed by atoms with Crippen molar-refractivity contribution < 1.29 is 26.7 Å². The summed E-state index contributed by atoms with van der Waals surface area (Å²) in [6, 6.07) is 12.5. The monoisotopic (exact) mass is 605 g/mol. The van der Waals surface area contributed by atoms with Gasteiger partial charge in [-0.05, 0) is 77.8 Å². The van der Waals surface area contributed by atoms with Crippen molar-refractivity contribution in [1.82, 2.24) is 8.61 Å². The SMILES string of the molecule is CC(C)(C)c1ccc(S(=O)(=O)N2CCC(CC(C)(C)c3ccc(S(=O)(=O)N4CCCC(O)C4)cc3)C2C(N)=O)cc1. The standard InChI is InChI=1S/C30H43N3O6S2/c1-29(2,3)22-8-12-26(13-9-22)41(38,39)33-18-16-21(27(33)28(31)35)19-30(4,5)23-10-14-25(15-11-23)40(36,37)32-17-6-7-24(34)20-32/h8-15,21,24,27,34H,6-7,16-20H2,1-5H3,(H2,31,35). The number of aliphatic hydroxyl groups is 1. The Balaban J connectivity index is 1.52. The molecule has 2 aliphatic rings. The summed E-state index contributed by atoms with van der Waals surface area (Å²) in [7, 11) is -7.66. The van der Waals surface area contributed by atoms with Crippen LogP contribution in [0.3, 0.4) is 0 Å². The number of amides is 1. The molecule has 3 N–H and O–H groups in total. The molecule has 4 rings (SSSR count). The Labute approximate surface area is 244 Å². The highest BCUT2D eigenvalue weighted by molar-refractivity contribution is 7.89. The lowest BCUT2D eigenvalue weighted by Gasteiger charge is -2.32. The van der Waals surface area contributed by atoms with E-state index in [1.165, 1.54) is 8.61 Å². The molecule has 0 radical (unpaired) electrons. The average molecular weight is 606 g/mol. The molecule has 9 nitrogen and oxygen atoms in total. The van der Waals surface area contributed by atoms with Crippen molar-refractivity contribution in [3.63, 3.8) is 0 Å². The van der Waals surface area contributed by atoms with Crippen LogP contribution in [0.25, 0.3) is 0 Å². The van der Waals surface area contributed by atoms with Crippen LogP contribution in [-0.4, -0.2) is 68.2 Å². The average Bonchev–Trinajstić information content (AvgIpc) is 3.32. The number of rotatable bonds is 8. The molecule has 3 unspecified atom stereocenters. The number of sulfonamides is 2. The summed E-state index contributed by atoms with van der Waals surface area (Å²) >= 11 is 0. The van der Waals surface area contributed by atoms with E-state index in [1.54, 1.807) is 48.5 Å². The highest BCUT2D eigenvalue weighted by atomic mass is 32.2. The maximum Gasteiger partial charge on any atom is 0.243 e. The van der Waals surface area contributed by atoms with Gasteiger partial charge in [0.05, 0.1) is 15.9 Å². The number of piperidine rings is 1. The Bertz CT molecular complexity index is 1460. The maximum atomic E-state index is 13.6. The van der Waals surface area contributed by atoms with Gasteiger partial charge in [-0.25, -0.2) is 16.8 Å². The number of hydrogen-bond acceptors (Lipinski definition) is 6. The van der Waals surface area contributed by atoms with E-state index in [1.807, 2.05) is 13.8 Å². The second-order valence-corrected chi connectivity index (χ2v) is 16.9. The number of hydrogen-bond donors (Lipinski definition) is 2. The number of nitrogens with two attached hydrogens (primary N) is 1. The summed E-state index contributed by atoms with van der Waals surface area (Å²) in [4.78, 5) is 13.0. The molecule has 2 heterocycles. The first-order valence-electron chi connectivity index (χ1n) is 14.1. The van der Waals surface area contributed by atoms with Crippen molar-refractivity contribution >= 4 is 26.0 Å². The maximum absolute atomic E-state index is 13.6. The van der Waals surface area contributed by atoms with Gasteiger partial charge in [-0.1, -0.05) is 58.9 Å². The topological polar surface area (TPSA) is 138 Å². The fourth-order valence-electron chi connectivity index (χ4n) is 6.08. The van der Waals surface area contributed by atoms with E-state index < -0.39 is 43.5 Å². The summed E-state index contributed by atoms with van der Waals surface area (Å²) in [5.41, 5.74) is 7.08. The molecular formula is C30H43N3O6S2. The van der Waals surface area contributed by atoms with Crippen LogP contribution in [0, 0.1) is 5.92 Å². The van der Waals surface area contributed by atoms with E-state index in [9.17, 15) is 26.7 Å². The molecule has 0 saturated carbocycles. The Hall–Kier alpha value is -2.31. The van der Waals surface area contributed by atoms with Gasteiger partial charge in [-0.15, -0.1) is 0 Å². The predicted octanol–water partition coefficient (Wildman–Crippen LogP) is 3.36. The van der Waals surface area contributed by atoms with Crippen LogP contribution < -0.4 is 5.73 Å². The Morgan fingerprint density at radius 2 is 1.39 bits per heavy atom. The zero-order valence-electron chi connectivity index (χ0n) is 24.6. The lowest BCUT2D eigenvalue weighted by Crippen LogP contribution is -2.47. The van der Waals surface area contributed by atoms with Crippen LogP contribution in [0.15, 0.2) is 58.3 Å².